The number of hydrogen-bond donors (Lipinski definition) is 0. The second-order valence-electron chi connectivity index (χ2n) is 9.95. The molecule has 0 spiro atoms. The molecule has 1 aliphatic rings. The number of carbonyl (C=O) groups is 2. The summed E-state index contributed by atoms with van der Waals surface area (Å²) < 4.78 is 1.86. The first-order valence-electron chi connectivity index (χ1n) is 13.6. The maximum atomic E-state index is 14.1. The molecule has 1 fully saturated rings. The lowest BCUT2D eigenvalue weighted by molar-refractivity contribution is 0.0724. The average molecular weight is 542 g/mol. The number of para-hydroxylation sites is 1. The molecule has 0 bridgehead atoms. The van der Waals surface area contributed by atoms with Crippen LogP contribution in [0.15, 0.2) is 91.4 Å². The third kappa shape index (κ3) is 5.28. The third-order valence-electron chi connectivity index (χ3n) is 7.17. The molecule has 0 aliphatic carbocycles. The van der Waals surface area contributed by atoms with Crippen LogP contribution in [-0.2, 0) is 6.54 Å². The van der Waals surface area contributed by atoms with Gasteiger partial charge in [-0.05, 0) is 67.3 Å². The van der Waals surface area contributed by atoms with Crippen LogP contribution in [0.4, 0.5) is 11.6 Å². The van der Waals surface area contributed by atoms with Gasteiger partial charge in [-0.2, -0.15) is 5.26 Å². The van der Waals surface area contributed by atoms with Gasteiger partial charge in [0.05, 0.1) is 29.4 Å². The van der Waals surface area contributed by atoms with Crippen molar-refractivity contribution in [3.63, 3.8) is 0 Å². The SMILES string of the molecule is N#Cc1cccc(C(=O)N(c2ccccc2)c2nc3cc(C(=O)N4CCCCC4)cnc3n2Cc2cccnc2)c1. The lowest BCUT2D eigenvalue weighted by Crippen LogP contribution is -2.35. The van der Waals surface area contributed by atoms with E-state index in [1.54, 1.807) is 48.9 Å². The number of imidazole rings is 1. The fourth-order valence-electron chi connectivity index (χ4n) is 5.14. The number of rotatable bonds is 6. The van der Waals surface area contributed by atoms with Crippen molar-refractivity contribution in [2.24, 2.45) is 0 Å². The van der Waals surface area contributed by atoms with Crippen LogP contribution in [0.25, 0.3) is 11.2 Å². The first kappa shape index (κ1) is 25.9. The Morgan fingerprint density at radius 3 is 2.49 bits per heavy atom. The Morgan fingerprint density at radius 2 is 1.73 bits per heavy atom. The molecule has 2 amide bonds. The fourth-order valence-corrected chi connectivity index (χ4v) is 5.14. The molecule has 4 heterocycles. The van der Waals surface area contributed by atoms with Crippen LogP contribution >= 0.6 is 0 Å². The number of amides is 2. The number of piperidine rings is 1. The maximum absolute atomic E-state index is 14.1. The van der Waals surface area contributed by atoms with Gasteiger partial charge >= 0.3 is 0 Å². The van der Waals surface area contributed by atoms with Crippen LogP contribution in [0, 0.1) is 11.3 Å². The highest BCUT2D eigenvalue weighted by Gasteiger charge is 2.28. The molecule has 1 aliphatic heterocycles. The summed E-state index contributed by atoms with van der Waals surface area (Å²) >= 11 is 0. The Morgan fingerprint density at radius 1 is 0.902 bits per heavy atom. The Hall–Kier alpha value is -5.36. The molecule has 6 rings (SSSR count). The minimum atomic E-state index is -0.347. The molecule has 0 N–H and O–H groups in total. The Kier molecular flexibility index (Phi) is 7.20. The van der Waals surface area contributed by atoms with Gasteiger partial charge in [0.15, 0.2) is 5.65 Å². The third-order valence-corrected chi connectivity index (χ3v) is 7.17. The molecule has 0 atom stereocenters. The number of fused-ring (bicyclic) bond motifs is 1. The maximum Gasteiger partial charge on any atom is 0.265 e. The second-order valence-corrected chi connectivity index (χ2v) is 9.95. The van der Waals surface area contributed by atoms with E-state index in [4.69, 9.17) is 9.97 Å². The quantitative estimate of drug-likeness (QED) is 0.287. The molecule has 1 saturated heterocycles. The zero-order valence-electron chi connectivity index (χ0n) is 22.3. The van der Waals surface area contributed by atoms with E-state index in [0.717, 1.165) is 37.9 Å². The molecule has 5 aromatic rings. The highest BCUT2D eigenvalue weighted by molar-refractivity contribution is 6.10. The molecular formula is C32H27N7O2. The van der Waals surface area contributed by atoms with Crippen LogP contribution < -0.4 is 4.90 Å². The van der Waals surface area contributed by atoms with E-state index in [1.165, 1.54) is 4.90 Å². The van der Waals surface area contributed by atoms with Crippen molar-refractivity contribution in [2.75, 3.05) is 18.0 Å². The largest absolute Gasteiger partial charge is 0.339 e. The first-order valence-corrected chi connectivity index (χ1v) is 13.6. The molecule has 2 aromatic carbocycles. The van der Waals surface area contributed by atoms with Crippen LogP contribution in [-0.4, -0.2) is 49.3 Å². The first-order chi connectivity index (χ1) is 20.1. The van der Waals surface area contributed by atoms with Crippen molar-refractivity contribution >= 4 is 34.6 Å². The highest BCUT2D eigenvalue weighted by Crippen LogP contribution is 2.31. The number of nitrogens with zero attached hydrogens (tertiary/aromatic N) is 7. The molecular weight excluding hydrogens is 514 g/mol. The molecule has 0 saturated carbocycles. The highest BCUT2D eigenvalue weighted by atomic mass is 16.2. The van der Waals surface area contributed by atoms with E-state index in [-0.39, 0.29) is 11.8 Å². The van der Waals surface area contributed by atoms with E-state index in [9.17, 15) is 14.9 Å². The zero-order chi connectivity index (χ0) is 28.2. The molecule has 0 unspecified atom stereocenters. The Labute approximate surface area is 237 Å². The minimum absolute atomic E-state index is 0.0632. The molecule has 202 valence electrons. The van der Waals surface area contributed by atoms with Gasteiger partial charge in [0, 0.05) is 37.2 Å². The summed E-state index contributed by atoms with van der Waals surface area (Å²) in [6.45, 7) is 1.81. The predicted octanol–water partition coefficient (Wildman–Crippen LogP) is 5.35. The topological polar surface area (TPSA) is 108 Å². The van der Waals surface area contributed by atoms with Crippen LogP contribution in [0.2, 0.25) is 0 Å². The fraction of sp³-hybridized carbons (Fsp3) is 0.188. The number of hydrogen-bond acceptors (Lipinski definition) is 6. The number of pyridine rings is 2. The normalized spacial score (nSPS) is 13.1. The van der Waals surface area contributed by atoms with Gasteiger partial charge in [0.25, 0.3) is 11.8 Å². The number of nitriles is 1. The summed E-state index contributed by atoms with van der Waals surface area (Å²) in [5.74, 6) is -0.0649. The van der Waals surface area contributed by atoms with Gasteiger partial charge < -0.3 is 4.90 Å². The zero-order valence-corrected chi connectivity index (χ0v) is 22.3. The Bertz CT molecular complexity index is 1750. The van der Waals surface area contributed by atoms with Crippen LogP contribution in [0.1, 0.15) is 51.1 Å². The standard InChI is InChI=1S/C32H27N7O2/c33-19-23-9-7-11-25(17-23)31(41)39(27-12-3-1-4-13-27)32-36-28-18-26(30(40)37-15-5-2-6-16-37)21-35-29(28)38(32)22-24-10-8-14-34-20-24/h1,3-4,7-14,17-18,20-21H,2,5-6,15-16,22H2. The van der Waals surface area contributed by atoms with E-state index in [2.05, 4.69) is 11.1 Å². The minimum Gasteiger partial charge on any atom is -0.339 e. The summed E-state index contributed by atoms with van der Waals surface area (Å²) in [6, 6.07) is 23.5. The molecule has 41 heavy (non-hydrogen) atoms. The lowest BCUT2D eigenvalue weighted by atomic mass is 10.1. The number of likely N-dealkylation sites (tertiary alicyclic amines) is 1. The molecule has 0 radical (unpaired) electrons. The van der Waals surface area contributed by atoms with E-state index in [0.29, 0.717) is 46.0 Å². The molecule has 3 aromatic heterocycles. The summed E-state index contributed by atoms with van der Waals surface area (Å²) in [5.41, 5.74) is 3.75. The van der Waals surface area contributed by atoms with E-state index >= 15 is 0 Å². The molecule has 9 nitrogen and oxygen atoms in total. The number of aromatic nitrogens is 4. The predicted molar refractivity (Wildman–Crippen MR) is 155 cm³/mol. The van der Waals surface area contributed by atoms with Gasteiger partial charge in [0.1, 0.15) is 5.52 Å². The number of benzene rings is 2. The van der Waals surface area contributed by atoms with Gasteiger partial charge in [-0.15, -0.1) is 0 Å². The summed E-state index contributed by atoms with van der Waals surface area (Å²) in [7, 11) is 0. The number of carbonyl (C=O) groups excluding carboxylic acids is 2. The summed E-state index contributed by atoms with van der Waals surface area (Å²) in [4.78, 5) is 44.7. The van der Waals surface area contributed by atoms with E-state index < -0.39 is 0 Å². The van der Waals surface area contributed by atoms with Crippen LogP contribution in [0.3, 0.4) is 0 Å². The van der Waals surface area contributed by atoms with Gasteiger partial charge in [0.2, 0.25) is 5.95 Å². The van der Waals surface area contributed by atoms with Gasteiger partial charge in [-0.1, -0.05) is 30.3 Å². The molecule has 9 heteroatoms. The average Bonchev–Trinajstić information content (AvgIpc) is 3.38. The van der Waals surface area contributed by atoms with Crippen molar-refractivity contribution in [1.29, 1.82) is 5.26 Å². The van der Waals surface area contributed by atoms with Crippen LogP contribution in [0.5, 0.6) is 0 Å². The van der Waals surface area contributed by atoms with Crippen molar-refractivity contribution in [3.8, 4) is 6.07 Å². The second kappa shape index (κ2) is 11.4. The van der Waals surface area contributed by atoms with Crippen molar-refractivity contribution in [1.82, 2.24) is 24.4 Å². The van der Waals surface area contributed by atoms with Crippen molar-refractivity contribution < 1.29 is 9.59 Å². The lowest BCUT2D eigenvalue weighted by Gasteiger charge is -2.26. The smallest absolute Gasteiger partial charge is 0.265 e. The van der Waals surface area contributed by atoms with E-state index in [1.807, 2.05) is 51.9 Å². The van der Waals surface area contributed by atoms with Crippen molar-refractivity contribution in [2.45, 2.75) is 25.8 Å². The Balaban J connectivity index is 1.51. The number of anilines is 2. The summed E-state index contributed by atoms with van der Waals surface area (Å²) in [6.07, 6.45) is 8.17. The van der Waals surface area contributed by atoms with Gasteiger partial charge in [-0.3, -0.25) is 19.1 Å². The summed E-state index contributed by atoms with van der Waals surface area (Å²) in [5, 5.41) is 9.45. The van der Waals surface area contributed by atoms with Gasteiger partial charge in [-0.25, -0.2) is 14.9 Å². The monoisotopic (exact) mass is 541 g/mol. The van der Waals surface area contributed by atoms with Crippen molar-refractivity contribution in [3.05, 3.63) is 114 Å².